The van der Waals surface area contributed by atoms with E-state index in [0.717, 1.165) is 41.2 Å². The summed E-state index contributed by atoms with van der Waals surface area (Å²) in [5, 5.41) is 6.98. The monoisotopic (exact) mass is 421 g/mol. The molecule has 2 amide bonds. The number of aryl methyl sites for hydroxylation is 2. The molecule has 6 nitrogen and oxygen atoms in total. The molecule has 0 bridgehead atoms. The summed E-state index contributed by atoms with van der Waals surface area (Å²) in [6.07, 6.45) is 0.802. The SMILES string of the molecule is Cc1cc(C)nc(NC(=O)N2c3nc(-c4cccc(Cl)c4)ccc3NCC[C@H]2C)c1. The largest absolute Gasteiger partial charge is 0.382 e. The number of rotatable bonds is 2. The van der Waals surface area contributed by atoms with Gasteiger partial charge in [0.1, 0.15) is 5.82 Å². The maximum Gasteiger partial charge on any atom is 0.328 e. The Balaban J connectivity index is 1.72. The molecule has 30 heavy (non-hydrogen) atoms. The van der Waals surface area contributed by atoms with E-state index in [1.165, 1.54) is 0 Å². The Kier molecular flexibility index (Phi) is 5.59. The number of hydrogen-bond acceptors (Lipinski definition) is 4. The third kappa shape index (κ3) is 4.24. The van der Waals surface area contributed by atoms with Crippen LogP contribution >= 0.6 is 11.6 Å². The van der Waals surface area contributed by atoms with Crippen LogP contribution in [-0.2, 0) is 0 Å². The van der Waals surface area contributed by atoms with Crippen molar-refractivity contribution in [3.8, 4) is 11.3 Å². The van der Waals surface area contributed by atoms with Crippen molar-refractivity contribution < 1.29 is 4.79 Å². The second-order valence-corrected chi connectivity index (χ2v) is 8.05. The third-order valence-electron chi connectivity index (χ3n) is 5.09. The lowest BCUT2D eigenvalue weighted by Gasteiger charge is -2.27. The number of carbonyl (C=O) groups excluding carboxylic acids is 1. The van der Waals surface area contributed by atoms with E-state index in [4.69, 9.17) is 16.6 Å². The Morgan fingerprint density at radius 3 is 2.77 bits per heavy atom. The molecule has 1 aliphatic heterocycles. The van der Waals surface area contributed by atoms with Crippen LogP contribution < -0.4 is 15.5 Å². The summed E-state index contributed by atoms with van der Waals surface area (Å²) in [5.41, 5.74) is 4.39. The van der Waals surface area contributed by atoms with Crippen molar-refractivity contribution in [2.24, 2.45) is 0 Å². The van der Waals surface area contributed by atoms with Crippen LogP contribution in [0.1, 0.15) is 24.6 Å². The first-order valence-corrected chi connectivity index (χ1v) is 10.3. The molecule has 1 atom stereocenters. The van der Waals surface area contributed by atoms with Gasteiger partial charge in [0.05, 0.1) is 11.4 Å². The van der Waals surface area contributed by atoms with E-state index in [1.54, 1.807) is 4.90 Å². The predicted molar refractivity (Wildman–Crippen MR) is 122 cm³/mol. The predicted octanol–water partition coefficient (Wildman–Crippen LogP) is 5.66. The van der Waals surface area contributed by atoms with E-state index < -0.39 is 0 Å². The van der Waals surface area contributed by atoms with Crippen molar-refractivity contribution in [1.29, 1.82) is 0 Å². The highest BCUT2D eigenvalue weighted by atomic mass is 35.5. The first kappa shape index (κ1) is 20.2. The quantitative estimate of drug-likeness (QED) is 0.560. The number of carbonyl (C=O) groups is 1. The molecule has 1 aromatic carbocycles. The van der Waals surface area contributed by atoms with Gasteiger partial charge >= 0.3 is 6.03 Å². The van der Waals surface area contributed by atoms with Gasteiger partial charge in [-0.05, 0) is 69.2 Å². The third-order valence-corrected chi connectivity index (χ3v) is 5.33. The lowest BCUT2D eigenvalue weighted by molar-refractivity contribution is 0.255. The summed E-state index contributed by atoms with van der Waals surface area (Å²) in [4.78, 5) is 24.3. The van der Waals surface area contributed by atoms with E-state index in [0.29, 0.717) is 16.7 Å². The highest BCUT2D eigenvalue weighted by Crippen LogP contribution is 2.33. The molecule has 2 aromatic heterocycles. The van der Waals surface area contributed by atoms with Crippen LogP contribution in [0, 0.1) is 13.8 Å². The maximum atomic E-state index is 13.3. The average molecular weight is 422 g/mol. The number of halogens is 1. The van der Waals surface area contributed by atoms with E-state index in [-0.39, 0.29) is 12.1 Å². The molecular formula is C23H24ClN5O. The number of aromatic nitrogens is 2. The molecule has 4 rings (SSSR count). The topological polar surface area (TPSA) is 70.2 Å². The Morgan fingerprint density at radius 1 is 1.17 bits per heavy atom. The van der Waals surface area contributed by atoms with Crippen LogP contribution in [0.2, 0.25) is 5.02 Å². The van der Waals surface area contributed by atoms with Gasteiger partial charge in [0.2, 0.25) is 0 Å². The molecule has 0 aliphatic carbocycles. The fourth-order valence-corrected chi connectivity index (χ4v) is 3.89. The highest BCUT2D eigenvalue weighted by Gasteiger charge is 2.29. The summed E-state index contributed by atoms with van der Waals surface area (Å²) in [7, 11) is 0. The minimum Gasteiger partial charge on any atom is -0.382 e. The number of nitrogens with zero attached hydrogens (tertiary/aromatic N) is 3. The Labute approximate surface area is 181 Å². The number of amides is 2. The minimum absolute atomic E-state index is 0.0354. The highest BCUT2D eigenvalue weighted by molar-refractivity contribution is 6.30. The van der Waals surface area contributed by atoms with Gasteiger partial charge in [0.15, 0.2) is 5.82 Å². The van der Waals surface area contributed by atoms with Crippen molar-refractivity contribution >= 4 is 35.0 Å². The molecule has 0 spiro atoms. The van der Waals surface area contributed by atoms with Crippen LogP contribution in [0.3, 0.4) is 0 Å². The Bertz CT molecular complexity index is 1080. The molecule has 3 aromatic rings. The molecule has 3 heterocycles. The number of pyridine rings is 2. The normalized spacial score (nSPS) is 15.7. The molecule has 2 N–H and O–H groups in total. The number of hydrogen-bond donors (Lipinski definition) is 2. The van der Waals surface area contributed by atoms with E-state index in [9.17, 15) is 4.79 Å². The smallest absolute Gasteiger partial charge is 0.328 e. The van der Waals surface area contributed by atoms with Crippen molar-refractivity contribution in [3.05, 3.63) is 64.8 Å². The first-order valence-electron chi connectivity index (χ1n) is 9.97. The van der Waals surface area contributed by atoms with Gasteiger partial charge in [0.25, 0.3) is 0 Å². The van der Waals surface area contributed by atoms with E-state index >= 15 is 0 Å². The van der Waals surface area contributed by atoms with E-state index in [1.807, 2.05) is 69.3 Å². The standard InChI is InChI=1S/C23H24ClN5O/c1-14-11-15(2)26-21(12-14)28-23(30)29-16(3)9-10-25-20-8-7-19(27-22(20)29)17-5-4-6-18(24)13-17/h4-8,11-13,16,25H,9-10H2,1-3H3,(H,26,28,30)/t16-/m1/s1. The van der Waals surface area contributed by atoms with Gasteiger partial charge in [0, 0.05) is 28.9 Å². The van der Waals surface area contributed by atoms with Crippen molar-refractivity contribution in [2.75, 3.05) is 22.1 Å². The molecule has 0 fully saturated rings. The fraction of sp³-hybridized carbons (Fsp3) is 0.261. The number of benzene rings is 1. The fourth-order valence-electron chi connectivity index (χ4n) is 3.70. The zero-order valence-electron chi connectivity index (χ0n) is 17.2. The van der Waals surface area contributed by atoms with Crippen LogP contribution in [0.25, 0.3) is 11.3 Å². The molecule has 0 radical (unpaired) electrons. The lowest BCUT2D eigenvalue weighted by Crippen LogP contribution is -2.42. The summed E-state index contributed by atoms with van der Waals surface area (Å²) >= 11 is 6.16. The number of fused-ring (bicyclic) bond motifs is 1. The zero-order valence-corrected chi connectivity index (χ0v) is 18.0. The second-order valence-electron chi connectivity index (χ2n) is 7.61. The zero-order chi connectivity index (χ0) is 21.3. The molecule has 0 saturated heterocycles. The molecular weight excluding hydrogens is 398 g/mol. The molecule has 0 unspecified atom stereocenters. The van der Waals surface area contributed by atoms with Gasteiger partial charge in [-0.2, -0.15) is 0 Å². The summed E-state index contributed by atoms with van der Waals surface area (Å²) in [6, 6.07) is 15.0. The van der Waals surface area contributed by atoms with Crippen LogP contribution in [0.4, 0.5) is 22.1 Å². The molecule has 1 aliphatic rings. The first-order chi connectivity index (χ1) is 14.4. The molecule has 7 heteroatoms. The Hall–Kier alpha value is -3.12. The minimum atomic E-state index is -0.249. The summed E-state index contributed by atoms with van der Waals surface area (Å²) in [5.74, 6) is 1.13. The number of urea groups is 1. The number of nitrogens with one attached hydrogen (secondary N) is 2. The van der Waals surface area contributed by atoms with Crippen LogP contribution in [0.15, 0.2) is 48.5 Å². The average Bonchev–Trinajstić information content (AvgIpc) is 2.84. The van der Waals surface area contributed by atoms with Crippen molar-refractivity contribution in [2.45, 2.75) is 33.2 Å². The lowest BCUT2D eigenvalue weighted by atomic mass is 10.1. The van der Waals surface area contributed by atoms with Crippen molar-refractivity contribution in [1.82, 2.24) is 9.97 Å². The van der Waals surface area contributed by atoms with Crippen LogP contribution in [-0.4, -0.2) is 28.6 Å². The van der Waals surface area contributed by atoms with Gasteiger partial charge < -0.3 is 5.32 Å². The van der Waals surface area contributed by atoms with Gasteiger partial charge in [-0.15, -0.1) is 0 Å². The summed E-state index contributed by atoms with van der Waals surface area (Å²) < 4.78 is 0. The van der Waals surface area contributed by atoms with Gasteiger partial charge in [-0.3, -0.25) is 10.2 Å². The summed E-state index contributed by atoms with van der Waals surface area (Å²) in [6.45, 7) is 6.68. The van der Waals surface area contributed by atoms with Crippen LogP contribution in [0.5, 0.6) is 0 Å². The number of anilines is 3. The van der Waals surface area contributed by atoms with Gasteiger partial charge in [-0.1, -0.05) is 23.7 Å². The second kappa shape index (κ2) is 8.32. The maximum absolute atomic E-state index is 13.3. The van der Waals surface area contributed by atoms with Gasteiger partial charge in [-0.25, -0.2) is 14.8 Å². The van der Waals surface area contributed by atoms with E-state index in [2.05, 4.69) is 15.6 Å². The molecule has 0 saturated carbocycles. The Morgan fingerprint density at radius 2 is 2.00 bits per heavy atom. The molecule has 154 valence electrons. The van der Waals surface area contributed by atoms with Crippen molar-refractivity contribution in [3.63, 3.8) is 0 Å².